The average Bonchev–Trinajstić information content (AvgIpc) is 2.82. The van der Waals surface area contributed by atoms with Crippen LogP contribution < -0.4 is 4.74 Å². The zero-order valence-electron chi connectivity index (χ0n) is 21.0. The van der Waals surface area contributed by atoms with Crippen molar-refractivity contribution in [3.8, 4) is 23.3 Å². The van der Waals surface area contributed by atoms with Crippen molar-refractivity contribution in [1.82, 2.24) is 0 Å². The van der Waals surface area contributed by atoms with Crippen LogP contribution in [-0.2, 0) is 5.41 Å². The van der Waals surface area contributed by atoms with Crippen molar-refractivity contribution in [2.75, 3.05) is 0 Å². The zero-order valence-corrected chi connectivity index (χ0v) is 21.0. The van der Waals surface area contributed by atoms with Crippen LogP contribution in [0.15, 0.2) is 72.8 Å². The van der Waals surface area contributed by atoms with Crippen LogP contribution in [0.25, 0.3) is 0 Å². The van der Waals surface area contributed by atoms with Crippen molar-refractivity contribution in [2.24, 2.45) is 16.7 Å². The Morgan fingerprint density at radius 2 is 1.25 bits per heavy atom. The van der Waals surface area contributed by atoms with Gasteiger partial charge in [0.1, 0.15) is 11.5 Å². The highest BCUT2D eigenvalue weighted by molar-refractivity contribution is 5.87. The van der Waals surface area contributed by atoms with E-state index in [9.17, 15) is 4.79 Å². The molecule has 3 heteroatoms. The summed E-state index contributed by atoms with van der Waals surface area (Å²) in [7, 11) is 0. The summed E-state index contributed by atoms with van der Waals surface area (Å²) in [4.78, 5) is 11.0. The Labute approximate surface area is 213 Å². The monoisotopic (exact) mass is 476 g/mol. The molecule has 0 saturated heterocycles. The van der Waals surface area contributed by atoms with Gasteiger partial charge in [-0.05, 0) is 127 Å². The third kappa shape index (κ3) is 4.30. The van der Waals surface area contributed by atoms with Gasteiger partial charge < -0.3 is 9.84 Å². The van der Waals surface area contributed by atoms with Crippen LogP contribution in [0.4, 0.5) is 0 Å². The maximum Gasteiger partial charge on any atom is 0.335 e. The Bertz CT molecular complexity index is 1340. The third-order valence-corrected chi connectivity index (χ3v) is 8.67. The quantitative estimate of drug-likeness (QED) is 0.390. The number of hydrogen-bond donors (Lipinski definition) is 1. The predicted octanol–water partition coefficient (Wildman–Crippen LogP) is 7.82. The fourth-order valence-electron chi connectivity index (χ4n) is 8.23. The lowest BCUT2D eigenvalue weighted by Gasteiger charge is -2.65. The Morgan fingerprint density at radius 3 is 1.75 bits per heavy atom. The van der Waals surface area contributed by atoms with Crippen molar-refractivity contribution < 1.29 is 14.6 Å². The lowest BCUT2D eigenvalue weighted by molar-refractivity contribution is -0.110. The van der Waals surface area contributed by atoms with E-state index in [4.69, 9.17) is 9.84 Å². The molecule has 7 rings (SSSR count). The Balaban J connectivity index is 1.13. The molecule has 0 heterocycles. The highest BCUT2D eigenvalue weighted by Gasteiger charge is 2.60. The number of rotatable bonds is 4. The first-order valence-electron chi connectivity index (χ1n) is 13.0. The minimum Gasteiger partial charge on any atom is -0.478 e. The molecular formula is C33H32O3. The average molecular weight is 477 g/mol. The summed E-state index contributed by atoms with van der Waals surface area (Å²) in [6.07, 6.45) is 8.25. The van der Waals surface area contributed by atoms with E-state index >= 15 is 0 Å². The molecule has 3 nitrogen and oxygen atoms in total. The van der Waals surface area contributed by atoms with E-state index in [0.717, 1.165) is 28.5 Å². The standard InChI is InChI=1S/C33H32O3/c1-31-17-25-18-32(2,20-31)22-33(19-25,21-31)27-11-15-29(16-12-27)36-28-13-7-24(8-14-28)4-3-23-5-9-26(10-6-23)30(34)35/h5-16,25H,17-22H2,1-2H3,(H,34,35). The lowest BCUT2D eigenvalue weighted by Crippen LogP contribution is -2.56. The molecule has 0 aromatic heterocycles. The number of hydrogen-bond acceptors (Lipinski definition) is 2. The molecule has 36 heavy (non-hydrogen) atoms. The van der Waals surface area contributed by atoms with Gasteiger partial charge in [0.05, 0.1) is 5.56 Å². The molecule has 2 atom stereocenters. The first-order chi connectivity index (χ1) is 17.2. The molecule has 0 spiro atoms. The lowest BCUT2D eigenvalue weighted by atomic mass is 9.39. The molecule has 0 aliphatic heterocycles. The molecule has 3 aromatic rings. The van der Waals surface area contributed by atoms with E-state index in [1.807, 2.05) is 24.3 Å². The van der Waals surface area contributed by atoms with Crippen molar-refractivity contribution in [3.05, 3.63) is 95.1 Å². The highest BCUT2D eigenvalue weighted by atomic mass is 16.5. The minimum atomic E-state index is -0.934. The molecule has 4 fully saturated rings. The SMILES string of the molecule is CC12CC3CC(C)(C1)CC(c1ccc(Oc4ccc(C#Cc5ccc(C(=O)O)cc5)cc4)cc1)(C3)C2. The van der Waals surface area contributed by atoms with Crippen LogP contribution in [0.3, 0.4) is 0 Å². The van der Waals surface area contributed by atoms with Gasteiger partial charge in [-0.15, -0.1) is 0 Å². The van der Waals surface area contributed by atoms with Gasteiger partial charge in [0, 0.05) is 11.1 Å². The number of carboxylic acid groups (broad SMARTS) is 1. The van der Waals surface area contributed by atoms with E-state index in [1.54, 1.807) is 24.3 Å². The normalized spacial score (nSPS) is 29.9. The fraction of sp³-hybridized carbons (Fsp3) is 0.364. The second-order valence-electron chi connectivity index (χ2n) is 12.2. The topological polar surface area (TPSA) is 46.5 Å². The van der Waals surface area contributed by atoms with Gasteiger partial charge in [-0.3, -0.25) is 0 Å². The third-order valence-electron chi connectivity index (χ3n) is 8.67. The molecule has 1 N–H and O–H groups in total. The molecule has 4 bridgehead atoms. The second kappa shape index (κ2) is 8.27. The van der Waals surface area contributed by atoms with Crippen LogP contribution in [0.1, 0.15) is 79.4 Å². The number of aromatic carboxylic acids is 1. The van der Waals surface area contributed by atoms with Crippen LogP contribution in [-0.4, -0.2) is 11.1 Å². The molecule has 0 amide bonds. The van der Waals surface area contributed by atoms with Gasteiger partial charge in [0.15, 0.2) is 0 Å². The fourth-order valence-corrected chi connectivity index (χ4v) is 8.23. The van der Waals surface area contributed by atoms with Crippen molar-refractivity contribution in [3.63, 3.8) is 0 Å². The number of carbonyl (C=O) groups is 1. The maximum absolute atomic E-state index is 11.0. The van der Waals surface area contributed by atoms with E-state index in [1.165, 1.54) is 44.1 Å². The van der Waals surface area contributed by atoms with Crippen molar-refractivity contribution in [2.45, 2.75) is 57.8 Å². The van der Waals surface area contributed by atoms with Crippen LogP contribution in [0.5, 0.6) is 11.5 Å². The highest BCUT2D eigenvalue weighted by Crippen LogP contribution is 2.69. The zero-order chi connectivity index (χ0) is 25.0. The first-order valence-corrected chi connectivity index (χ1v) is 13.0. The molecular weight excluding hydrogens is 444 g/mol. The number of carboxylic acids is 1. The summed E-state index contributed by atoms with van der Waals surface area (Å²) < 4.78 is 6.14. The summed E-state index contributed by atoms with van der Waals surface area (Å²) in [5.41, 5.74) is 4.78. The molecule has 4 aliphatic rings. The Hall–Kier alpha value is -3.51. The van der Waals surface area contributed by atoms with Crippen LogP contribution in [0.2, 0.25) is 0 Å². The first kappa shape index (κ1) is 22.9. The van der Waals surface area contributed by atoms with E-state index < -0.39 is 5.97 Å². The number of benzene rings is 3. The summed E-state index contributed by atoms with van der Waals surface area (Å²) in [6.45, 7) is 5.07. The van der Waals surface area contributed by atoms with E-state index in [0.29, 0.717) is 16.2 Å². The minimum absolute atomic E-state index is 0.261. The maximum atomic E-state index is 11.0. The predicted molar refractivity (Wildman–Crippen MR) is 141 cm³/mol. The smallest absolute Gasteiger partial charge is 0.335 e. The molecule has 2 unspecified atom stereocenters. The number of ether oxygens (including phenoxy) is 1. The van der Waals surface area contributed by atoms with Crippen LogP contribution >= 0.6 is 0 Å². The van der Waals surface area contributed by atoms with Crippen LogP contribution in [0, 0.1) is 28.6 Å². The Kier molecular flexibility index (Phi) is 5.27. The Morgan fingerprint density at radius 1 is 0.750 bits per heavy atom. The molecule has 4 saturated carbocycles. The molecule has 182 valence electrons. The molecule has 4 aliphatic carbocycles. The van der Waals surface area contributed by atoms with Crippen molar-refractivity contribution >= 4 is 5.97 Å². The molecule has 3 aromatic carbocycles. The van der Waals surface area contributed by atoms with Gasteiger partial charge >= 0.3 is 5.97 Å². The summed E-state index contributed by atoms with van der Waals surface area (Å²) in [6, 6.07) is 23.2. The van der Waals surface area contributed by atoms with Gasteiger partial charge in [-0.1, -0.05) is 37.8 Å². The van der Waals surface area contributed by atoms with Gasteiger partial charge in [0.2, 0.25) is 0 Å². The van der Waals surface area contributed by atoms with Gasteiger partial charge in [-0.25, -0.2) is 4.79 Å². The largest absolute Gasteiger partial charge is 0.478 e. The van der Waals surface area contributed by atoms with E-state index in [2.05, 4.69) is 50.0 Å². The van der Waals surface area contributed by atoms with Crippen molar-refractivity contribution in [1.29, 1.82) is 0 Å². The molecule has 0 radical (unpaired) electrons. The second-order valence-corrected chi connectivity index (χ2v) is 12.2. The summed E-state index contributed by atoms with van der Waals surface area (Å²) in [5.74, 6) is 7.80. The summed E-state index contributed by atoms with van der Waals surface area (Å²) >= 11 is 0. The van der Waals surface area contributed by atoms with Gasteiger partial charge in [-0.2, -0.15) is 0 Å². The summed E-state index contributed by atoms with van der Waals surface area (Å²) in [5, 5.41) is 9.00. The van der Waals surface area contributed by atoms with Gasteiger partial charge in [0.25, 0.3) is 0 Å². The van der Waals surface area contributed by atoms with E-state index in [-0.39, 0.29) is 5.56 Å².